The first kappa shape index (κ1) is 15.4. The number of carbonyl (C=O) groups excluding carboxylic acids is 1. The van der Waals surface area contributed by atoms with Gasteiger partial charge in [0.05, 0.1) is 0 Å². The van der Waals surface area contributed by atoms with Crippen LogP contribution in [0.25, 0.3) is 0 Å². The number of carbonyl (C=O) groups is 2. The highest BCUT2D eigenvalue weighted by atomic mass is 16.5. The van der Waals surface area contributed by atoms with E-state index in [2.05, 4.69) is 0 Å². The number of rotatable bonds is 7. The van der Waals surface area contributed by atoms with Crippen LogP contribution in [0.3, 0.4) is 0 Å². The molecule has 1 unspecified atom stereocenters. The van der Waals surface area contributed by atoms with Gasteiger partial charge >= 0.3 is 5.97 Å². The first-order chi connectivity index (χ1) is 10.1. The number of hydrogen-bond acceptors (Lipinski definition) is 3. The largest absolute Gasteiger partial charge is 0.479 e. The highest BCUT2D eigenvalue weighted by Crippen LogP contribution is 2.24. The van der Waals surface area contributed by atoms with Gasteiger partial charge in [0.1, 0.15) is 5.75 Å². The fourth-order valence-electron chi connectivity index (χ4n) is 2.41. The Kier molecular flexibility index (Phi) is 5.20. The van der Waals surface area contributed by atoms with Crippen LogP contribution < -0.4 is 9.64 Å². The molecule has 5 nitrogen and oxygen atoms in total. The zero-order chi connectivity index (χ0) is 15.2. The van der Waals surface area contributed by atoms with E-state index in [0.29, 0.717) is 18.6 Å². The van der Waals surface area contributed by atoms with E-state index in [9.17, 15) is 9.59 Å². The summed E-state index contributed by atoms with van der Waals surface area (Å²) in [5.74, 6) is -0.286. The summed E-state index contributed by atoms with van der Waals surface area (Å²) in [5.41, 5.74) is 0.838. The van der Waals surface area contributed by atoms with E-state index in [1.54, 1.807) is 29.2 Å². The van der Waals surface area contributed by atoms with E-state index in [0.717, 1.165) is 31.5 Å². The lowest BCUT2D eigenvalue weighted by Gasteiger charge is -2.18. The Balaban J connectivity index is 2.00. The lowest BCUT2D eigenvalue weighted by Crippen LogP contribution is -2.27. The van der Waals surface area contributed by atoms with Gasteiger partial charge < -0.3 is 14.7 Å². The number of unbranched alkanes of at least 4 members (excludes halogenated alkanes) is 1. The average molecular weight is 291 g/mol. The third-order valence-electron chi connectivity index (χ3n) is 3.60. The van der Waals surface area contributed by atoms with Crippen LogP contribution in [0.4, 0.5) is 5.69 Å². The quantitative estimate of drug-likeness (QED) is 0.839. The number of anilines is 1. The molecular formula is C16H21NO4. The molecule has 1 saturated heterocycles. The predicted octanol–water partition coefficient (Wildman–Crippen LogP) is 2.84. The number of benzene rings is 1. The molecule has 114 valence electrons. The Hall–Kier alpha value is -2.04. The fourth-order valence-corrected chi connectivity index (χ4v) is 2.41. The van der Waals surface area contributed by atoms with Gasteiger partial charge in [-0.25, -0.2) is 4.79 Å². The van der Waals surface area contributed by atoms with Crippen LogP contribution in [0.1, 0.15) is 39.0 Å². The lowest BCUT2D eigenvalue weighted by atomic mass is 10.1. The number of hydrogen-bond donors (Lipinski definition) is 1. The summed E-state index contributed by atoms with van der Waals surface area (Å²) in [6, 6.07) is 7.06. The zero-order valence-electron chi connectivity index (χ0n) is 12.2. The van der Waals surface area contributed by atoms with Gasteiger partial charge in [-0.05, 0) is 43.5 Å². The third-order valence-corrected chi connectivity index (χ3v) is 3.60. The second kappa shape index (κ2) is 7.11. The minimum atomic E-state index is -0.942. The molecule has 1 N–H and O–H groups in total. The van der Waals surface area contributed by atoms with Gasteiger partial charge in [-0.15, -0.1) is 0 Å². The van der Waals surface area contributed by atoms with E-state index in [1.807, 2.05) is 6.92 Å². The molecule has 1 aromatic rings. The van der Waals surface area contributed by atoms with Crippen LogP contribution in [0.5, 0.6) is 5.75 Å². The van der Waals surface area contributed by atoms with Crippen LogP contribution in [0.2, 0.25) is 0 Å². The standard InChI is InChI=1S/C16H21NO4/c1-2-3-5-14(16(19)20)21-13-9-7-12(8-10-13)17-11-4-6-15(17)18/h7-10,14H,2-6,11H2,1H3,(H,19,20). The van der Waals surface area contributed by atoms with Gasteiger partial charge in [0, 0.05) is 18.7 Å². The Morgan fingerprint density at radius 3 is 2.62 bits per heavy atom. The van der Waals surface area contributed by atoms with Crippen LogP contribution in [0.15, 0.2) is 24.3 Å². The van der Waals surface area contributed by atoms with Gasteiger partial charge in [-0.2, -0.15) is 0 Å². The molecule has 1 fully saturated rings. The fraction of sp³-hybridized carbons (Fsp3) is 0.500. The van der Waals surface area contributed by atoms with E-state index >= 15 is 0 Å². The van der Waals surface area contributed by atoms with Crippen molar-refractivity contribution in [3.63, 3.8) is 0 Å². The molecule has 0 aliphatic carbocycles. The normalized spacial score (nSPS) is 16.0. The highest BCUT2D eigenvalue weighted by Gasteiger charge is 2.22. The summed E-state index contributed by atoms with van der Waals surface area (Å²) in [4.78, 5) is 24.6. The molecule has 1 aliphatic heterocycles. The number of carboxylic acids is 1. The van der Waals surface area contributed by atoms with E-state index in [1.165, 1.54) is 0 Å². The minimum Gasteiger partial charge on any atom is -0.479 e. The second-order valence-corrected chi connectivity index (χ2v) is 5.23. The molecule has 0 radical (unpaired) electrons. The van der Waals surface area contributed by atoms with E-state index < -0.39 is 12.1 Å². The van der Waals surface area contributed by atoms with Crippen molar-refractivity contribution in [3.8, 4) is 5.75 Å². The maximum Gasteiger partial charge on any atom is 0.344 e. The van der Waals surface area contributed by atoms with Crippen LogP contribution in [-0.2, 0) is 9.59 Å². The Morgan fingerprint density at radius 2 is 2.10 bits per heavy atom. The van der Waals surface area contributed by atoms with Crippen molar-refractivity contribution in [2.75, 3.05) is 11.4 Å². The lowest BCUT2D eigenvalue weighted by molar-refractivity contribution is -0.145. The van der Waals surface area contributed by atoms with E-state index in [-0.39, 0.29) is 5.91 Å². The minimum absolute atomic E-state index is 0.134. The summed E-state index contributed by atoms with van der Waals surface area (Å²) < 4.78 is 5.52. The first-order valence-electron chi connectivity index (χ1n) is 7.41. The Bertz CT molecular complexity index is 498. The molecule has 1 heterocycles. The van der Waals surface area contributed by atoms with Crippen molar-refractivity contribution < 1.29 is 19.4 Å². The number of aliphatic carboxylic acids is 1. The van der Waals surface area contributed by atoms with Gasteiger partial charge in [-0.3, -0.25) is 4.79 Å². The number of nitrogens with zero attached hydrogens (tertiary/aromatic N) is 1. The molecule has 0 spiro atoms. The maximum absolute atomic E-state index is 11.7. The topological polar surface area (TPSA) is 66.8 Å². The van der Waals surface area contributed by atoms with Crippen molar-refractivity contribution >= 4 is 17.6 Å². The van der Waals surface area contributed by atoms with Gasteiger partial charge in [0.15, 0.2) is 6.10 Å². The second-order valence-electron chi connectivity index (χ2n) is 5.23. The summed E-state index contributed by atoms with van der Waals surface area (Å²) in [6.07, 6.45) is 2.91. The molecule has 1 aliphatic rings. The van der Waals surface area contributed by atoms with Crippen molar-refractivity contribution in [1.82, 2.24) is 0 Å². The molecule has 0 bridgehead atoms. The summed E-state index contributed by atoms with van der Waals surface area (Å²) in [6.45, 7) is 2.76. The summed E-state index contributed by atoms with van der Waals surface area (Å²) in [7, 11) is 0. The van der Waals surface area contributed by atoms with Crippen molar-refractivity contribution in [1.29, 1.82) is 0 Å². The van der Waals surface area contributed by atoms with Crippen molar-refractivity contribution in [2.45, 2.75) is 45.1 Å². The zero-order valence-corrected chi connectivity index (χ0v) is 12.2. The molecule has 2 rings (SSSR count). The number of carboxylic acid groups (broad SMARTS) is 1. The number of amides is 1. The monoisotopic (exact) mass is 291 g/mol. The summed E-state index contributed by atoms with van der Waals surface area (Å²) in [5, 5.41) is 9.15. The maximum atomic E-state index is 11.7. The smallest absolute Gasteiger partial charge is 0.344 e. The van der Waals surface area contributed by atoms with Crippen molar-refractivity contribution in [3.05, 3.63) is 24.3 Å². The average Bonchev–Trinajstić information content (AvgIpc) is 2.90. The predicted molar refractivity (Wildman–Crippen MR) is 79.6 cm³/mol. The molecule has 21 heavy (non-hydrogen) atoms. The first-order valence-corrected chi connectivity index (χ1v) is 7.41. The Morgan fingerprint density at radius 1 is 1.38 bits per heavy atom. The van der Waals surface area contributed by atoms with Crippen LogP contribution in [-0.4, -0.2) is 29.6 Å². The molecular weight excluding hydrogens is 270 g/mol. The van der Waals surface area contributed by atoms with Crippen molar-refractivity contribution in [2.24, 2.45) is 0 Å². The molecule has 0 aromatic heterocycles. The molecule has 5 heteroatoms. The molecule has 1 atom stereocenters. The number of ether oxygens (including phenoxy) is 1. The van der Waals surface area contributed by atoms with Gasteiger partial charge in [-0.1, -0.05) is 13.3 Å². The van der Waals surface area contributed by atoms with Gasteiger partial charge in [0.2, 0.25) is 5.91 Å². The van der Waals surface area contributed by atoms with Crippen LogP contribution >= 0.6 is 0 Å². The SMILES string of the molecule is CCCCC(Oc1ccc(N2CCCC2=O)cc1)C(=O)O. The highest BCUT2D eigenvalue weighted by molar-refractivity contribution is 5.95. The Labute approximate surface area is 124 Å². The van der Waals surface area contributed by atoms with E-state index in [4.69, 9.17) is 9.84 Å². The van der Waals surface area contributed by atoms with Gasteiger partial charge in [0.25, 0.3) is 0 Å². The molecule has 1 amide bonds. The molecule has 1 aromatic carbocycles. The molecule has 0 saturated carbocycles. The third kappa shape index (κ3) is 3.97. The van der Waals surface area contributed by atoms with Crippen LogP contribution in [0, 0.1) is 0 Å². The summed E-state index contributed by atoms with van der Waals surface area (Å²) >= 11 is 0.